The van der Waals surface area contributed by atoms with Gasteiger partial charge in [-0.05, 0) is 31.0 Å². The number of hydrogen-bond donors (Lipinski definition) is 1. The molecule has 94 valence electrons. The van der Waals surface area contributed by atoms with Gasteiger partial charge in [-0.2, -0.15) is 0 Å². The molecule has 0 aliphatic carbocycles. The highest BCUT2D eigenvalue weighted by Crippen LogP contribution is 2.11. The van der Waals surface area contributed by atoms with Crippen LogP contribution >= 0.6 is 0 Å². The summed E-state index contributed by atoms with van der Waals surface area (Å²) >= 11 is 0. The van der Waals surface area contributed by atoms with Gasteiger partial charge in [-0.15, -0.1) is 0 Å². The molecule has 0 saturated heterocycles. The Labute approximate surface area is 103 Å². The van der Waals surface area contributed by atoms with Crippen molar-refractivity contribution in [3.8, 4) is 0 Å². The van der Waals surface area contributed by atoms with Gasteiger partial charge >= 0.3 is 0 Å². The molecule has 0 spiro atoms. The lowest BCUT2D eigenvalue weighted by molar-refractivity contribution is -0.133. The molecule has 4 nitrogen and oxygen atoms in total. The van der Waals surface area contributed by atoms with E-state index in [0.717, 1.165) is 12.0 Å². The van der Waals surface area contributed by atoms with Crippen LogP contribution in [0.2, 0.25) is 0 Å². The Kier molecular flexibility index (Phi) is 5.63. The number of rotatable bonds is 6. The molecule has 0 aliphatic rings. The number of nitrogens with two attached hydrogens (primary N) is 1. The van der Waals surface area contributed by atoms with Gasteiger partial charge in [0.1, 0.15) is 0 Å². The summed E-state index contributed by atoms with van der Waals surface area (Å²) < 4.78 is 0. The number of hydrogen-bond acceptors (Lipinski definition) is 3. The first-order chi connectivity index (χ1) is 8.19. The standard InChI is InChI=1S/C13H21N3O/c1-3-11(2)16(13(17)4-7-14)10-12-5-8-15-9-6-12/h5-6,8-9,11H,3-4,7,10,14H2,1-2H3. The molecule has 1 aromatic rings. The highest BCUT2D eigenvalue weighted by molar-refractivity contribution is 5.76. The third-order valence-corrected chi connectivity index (χ3v) is 2.90. The summed E-state index contributed by atoms with van der Waals surface area (Å²) in [6.45, 7) is 5.19. The average molecular weight is 235 g/mol. The van der Waals surface area contributed by atoms with E-state index in [-0.39, 0.29) is 11.9 Å². The van der Waals surface area contributed by atoms with Gasteiger partial charge < -0.3 is 10.6 Å². The zero-order valence-corrected chi connectivity index (χ0v) is 10.6. The summed E-state index contributed by atoms with van der Waals surface area (Å²) in [5.74, 6) is 0.124. The average Bonchev–Trinajstić information content (AvgIpc) is 2.36. The number of aromatic nitrogens is 1. The molecule has 1 atom stereocenters. The molecule has 1 aromatic heterocycles. The second-order valence-electron chi connectivity index (χ2n) is 4.17. The fourth-order valence-electron chi connectivity index (χ4n) is 1.66. The Morgan fingerprint density at radius 3 is 2.65 bits per heavy atom. The molecule has 1 rings (SSSR count). The Hall–Kier alpha value is -1.42. The number of pyridine rings is 1. The van der Waals surface area contributed by atoms with Crippen molar-refractivity contribution in [2.45, 2.75) is 39.3 Å². The molecular weight excluding hydrogens is 214 g/mol. The molecule has 4 heteroatoms. The Balaban J connectivity index is 2.73. The lowest BCUT2D eigenvalue weighted by Gasteiger charge is -2.28. The molecule has 0 saturated carbocycles. The van der Waals surface area contributed by atoms with Crippen LogP contribution in [0.5, 0.6) is 0 Å². The summed E-state index contributed by atoms with van der Waals surface area (Å²) in [6, 6.07) is 4.11. The molecule has 17 heavy (non-hydrogen) atoms. The van der Waals surface area contributed by atoms with Crippen LogP contribution in [0.15, 0.2) is 24.5 Å². The fraction of sp³-hybridized carbons (Fsp3) is 0.538. The summed E-state index contributed by atoms with van der Waals surface area (Å²) in [7, 11) is 0. The van der Waals surface area contributed by atoms with Crippen molar-refractivity contribution in [3.63, 3.8) is 0 Å². The lowest BCUT2D eigenvalue weighted by atomic mass is 10.1. The van der Waals surface area contributed by atoms with Crippen molar-refractivity contribution in [1.82, 2.24) is 9.88 Å². The van der Waals surface area contributed by atoms with Crippen LogP contribution in [0.4, 0.5) is 0 Å². The van der Waals surface area contributed by atoms with E-state index < -0.39 is 0 Å². The second kappa shape index (κ2) is 7.01. The van der Waals surface area contributed by atoms with Gasteiger partial charge in [0.25, 0.3) is 0 Å². The topological polar surface area (TPSA) is 59.2 Å². The summed E-state index contributed by atoms with van der Waals surface area (Å²) in [4.78, 5) is 17.8. The molecule has 0 bridgehead atoms. The van der Waals surface area contributed by atoms with Crippen molar-refractivity contribution >= 4 is 5.91 Å². The molecule has 1 heterocycles. The summed E-state index contributed by atoms with van der Waals surface area (Å²) in [6.07, 6.45) is 4.85. The lowest BCUT2D eigenvalue weighted by Crippen LogP contribution is -2.38. The van der Waals surface area contributed by atoms with Crippen LogP contribution < -0.4 is 5.73 Å². The summed E-state index contributed by atoms with van der Waals surface area (Å²) in [5.41, 5.74) is 6.55. The van der Waals surface area contributed by atoms with Crippen LogP contribution in [0.3, 0.4) is 0 Å². The Bertz CT molecular complexity index is 340. The summed E-state index contributed by atoms with van der Waals surface area (Å²) in [5, 5.41) is 0. The van der Waals surface area contributed by atoms with Crippen LogP contribution in [0.1, 0.15) is 32.3 Å². The van der Waals surface area contributed by atoms with E-state index in [0.29, 0.717) is 19.5 Å². The van der Waals surface area contributed by atoms with E-state index in [1.807, 2.05) is 17.0 Å². The van der Waals surface area contributed by atoms with Crippen LogP contribution in [-0.4, -0.2) is 28.4 Å². The zero-order chi connectivity index (χ0) is 12.7. The maximum atomic E-state index is 12.0. The van der Waals surface area contributed by atoms with Gasteiger partial charge in [-0.25, -0.2) is 0 Å². The van der Waals surface area contributed by atoms with Crippen LogP contribution in [0.25, 0.3) is 0 Å². The molecule has 0 fully saturated rings. The van der Waals surface area contributed by atoms with Crippen molar-refractivity contribution < 1.29 is 4.79 Å². The van der Waals surface area contributed by atoms with Crippen molar-refractivity contribution in [2.75, 3.05) is 6.54 Å². The van der Waals surface area contributed by atoms with Crippen molar-refractivity contribution in [2.24, 2.45) is 5.73 Å². The molecule has 0 radical (unpaired) electrons. The normalized spacial score (nSPS) is 12.2. The first-order valence-electron chi connectivity index (χ1n) is 6.07. The molecule has 0 aliphatic heterocycles. The minimum absolute atomic E-state index is 0.124. The van der Waals surface area contributed by atoms with Gasteiger partial charge in [0.2, 0.25) is 5.91 Å². The maximum Gasteiger partial charge on any atom is 0.224 e. The molecule has 2 N–H and O–H groups in total. The van der Waals surface area contributed by atoms with Gasteiger partial charge in [0.15, 0.2) is 0 Å². The van der Waals surface area contributed by atoms with E-state index in [4.69, 9.17) is 5.73 Å². The third-order valence-electron chi connectivity index (χ3n) is 2.90. The molecule has 1 unspecified atom stereocenters. The maximum absolute atomic E-state index is 12.0. The van der Waals surface area contributed by atoms with Crippen LogP contribution in [0, 0.1) is 0 Å². The van der Waals surface area contributed by atoms with Crippen molar-refractivity contribution in [1.29, 1.82) is 0 Å². The monoisotopic (exact) mass is 235 g/mol. The van der Waals surface area contributed by atoms with Gasteiger partial charge in [-0.3, -0.25) is 9.78 Å². The number of amides is 1. The molecular formula is C13H21N3O. The predicted molar refractivity (Wildman–Crippen MR) is 68.2 cm³/mol. The van der Waals surface area contributed by atoms with E-state index >= 15 is 0 Å². The number of carbonyl (C=O) groups is 1. The number of carbonyl (C=O) groups excluding carboxylic acids is 1. The Morgan fingerprint density at radius 1 is 1.47 bits per heavy atom. The Morgan fingerprint density at radius 2 is 2.12 bits per heavy atom. The largest absolute Gasteiger partial charge is 0.336 e. The predicted octanol–water partition coefficient (Wildman–Crippen LogP) is 1.56. The van der Waals surface area contributed by atoms with Crippen LogP contribution in [-0.2, 0) is 11.3 Å². The second-order valence-corrected chi connectivity index (χ2v) is 4.17. The third kappa shape index (κ3) is 4.15. The zero-order valence-electron chi connectivity index (χ0n) is 10.6. The van der Waals surface area contributed by atoms with E-state index in [1.54, 1.807) is 12.4 Å². The molecule has 0 aromatic carbocycles. The van der Waals surface area contributed by atoms with E-state index in [2.05, 4.69) is 18.8 Å². The minimum atomic E-state index is 0.124. The highest BCUT2D eigenvalue weighted by atomic mass is 16.2. The van der Waals surface area contributed by atoms with E-state index in [9.17, 15) is 4.79 Å². The fourth-order valence-corrected chi connectivity index (χ4v) is 1.66. The first-order valence-corrected chi connectivity index (χ1v) is 6.07. The van der Waals surface area contributed by atoms with Gasteiger partial charge in [0.05, 0.1) is 0 Å². The first kappa shape index (κ1) is 13.6. The number of nitrogens with zero attached hydrogens (tertiary/aromatic N) is 2. The van der Waals surface area contributed by atoms with Gasteiger partial charge in [0, 0.05) is 37.9 Å². The highest BCUT2D eigenvalue weighted by Gasteiger charge is 2.18. The SMILES string of the molecule is CCC(C)N(Cc1ccncc1)C(=O)CCN. The quantitative estimate of drug-likeness (QED) is 0.814. The van der Waals surface area contributed by atoms with Crippen molar-refractivity contribution in [3.05, 3.63) is 30.1 Å². The molecule has 1 amide bonds. The van der Waals surface area contributed by atoms with E-state index in [1.165, 1.54) is 0 Å². The van der Waals surface area contributed by atoms with Gasteiger partial charge in [-0.1, -0.05) is 6.92 Å². The smallest absolute Gasteiger partial charge is 0.224 e. The minimum Gasteiger partial charge on any atom is -0.336 e.